The van der Waals surface area contributed by atoms with Gasteiger partial charge < -0.3 is 19.7 Å². The van der Waals surface area contributed by atoms with E-state index in [4.69, 9.17) is 4.42 Å². The van der Waals surface area contributed by atoms with E-state index in [1.807, 2.05) is 30.3 Å². The highest BCUT2D eigenvalue weighted by Crippen LogP contribution is 2.22. The van der Waals surface area contributed by atoms with Crippen molar-refractivity contribution in [2.45, 2.75) is 31.4 Å². The van der Waals surface area contributed by atoms with Crippen LogP contribution in [0.4, 0.5) is 0 Å². The van der Waals surface area contributed by atoms with Crippen molar-refractivity contribution in [1.29, 1.82) is 0 Å². The van der Waals surface area contributed by atoms with Crippen LogP contribution in [0.1, 0.15) is 24.2 Å². The maximum Gasteiger partial charge on any atom is 0.255 e. The molecule has 0 spiro atoms. The van der Waals surface area contributed by atoms with Crippen LogP contribution in [0.2, 0.25) is 0 Å². The molecule has 0 unspecified atom stereocenters. The number of hydrogen-bond acceptors (Lipinski definition) is 4. The minimum Gasteiger partial charge on any atom is -0.468 e. The van der Waals surface area contributed by atoms with Gasteiger partial charge in [0.1, 0.15) is 5.76 Å². The lowest BCUT2D eigenvalue weighted by Crippen LogP contribution is -2.58. The Morgan fingerprint density at radius 2 is 2.04 bits per heavy atom. The van der Waals surface area contributed by atoms with Crippen LogP contribution in [0.15, 0.2) is 53.1 Å². The largest absolute Gasteiger partial charge is 0.468 e. The predicted molar refractivity (Wildman–Crippen MR) is 91.3 cm³/mol. The van der Waals surface area contributed by atoms with Gasteiger partial charge in [-0.15, -0.1) is 0 Å². The zero-order valence-corrected chi connectivity index (χ0v) is 13.8. The highest BCUT2D eigenvalue weighted by molar-refractivity contribution is 5.86. The summed E-state index contributed by atoms with van der Waals surface area (Å²) in [6.07, 6.45) is 3.74. The van der Waals surface area contributed by atoms with Gasteiger partial charge in [0.05, 0.1) is 12.8 Å². The molecule has 3 rings (SSSR count). The molecule has 1 aromatic heterocycles. The second-order valence-corrected chi connectivity index (χ2v) is 6.35. The normalized spacial score (nSPS) is 21.2. The SMILES string of the molecule is O=C1N(CCc2ccccc2)CCC[C@]1(O)CNCc1ccco1. The van der Waals surface area contributed by atoms with Gasteiger partial charge in [0.2, 0.25) is 0 Å². The average molecular weight is 328 g/mol. The van der Waals surface area contributed by atoms with Gasteiger partial charge in [-0.25, -0.2) is 0 Å². The van der Waals surface area contributed by atoms with Crippen LogP contribution in [0, 0.1) is 0 Å². The van der Waals surface area contributed by atoms with Gasteiger partial charge >= 0.3 is 0 Å². The van der Waals surface area contributed by atoms with Crippen LogP contribution in [0.3, 0.4) is 0 Å². The summed E-state index contributed by atoms with van der Waals surface area (Å²) in [5, 5.41) is 13.9. The first-order valence-corrected chi connectivity index (χ1v) is 8.46. The zero-order valence-electron chi connectivity index (χ0n) is 13.8. The Kier molecular flexibility index (Phi) is 5.33. The minimum absolute atomic E-state index is 0.170. The van der Waals surface area contributed by atoms with Crippen molar-refractivity contribution >= 4 is 5.91 Å². The maximum atomic E-state index is 12.7. The summed E-state index contributed by atoms with van der Waals surface area (Å²) >= 11 is 0. The summed E-state index contributed by atoms with van der Waals surface area (Å²) in [4.78, 5) is 14.5. The van der Waals surface area contributed by atoms with Gasteiger partial charge in [-0.1, -0.05) is 30.3 Å². The Labute approximate surface area is 142 Å². The first-order valence-electron chi connectivity index (χ1n) is 8.46. The molecule has 1 aliphatic heterocycles. The summed E-state index contributed by atoms with van der Waals surface area (Å²) in [6.45, 7) is 2.11. The average Bonchev–Trinajstić information content (AvgIpc) is 3.11. The Morgan fingerprint density at radius 1 is 1.21 bits per heavy atom. The fourth-order valence-electron chi connectivity index (χ4n) is 3.16. The molecule has 1 aromatic carbocycles. The van der Waals surface area contributed by atoms with Crippen molar-refractivity contribution in [3.63, 3.8) is 0 Å². The fraction of sp³-hybridized carbons (Fsp3) is 0.421. The lowest BCUT2D eigenvalue weighted by Gasteiger charge is -2.38. The molecular formula is C19H24N2O3. The summed E-state index contributed by atoms with van der Waals surface area (Å²) in [6, 6.07) is 13.8. The molecule has 1 fully saturated rings. The second-order valence-electron chi connectivity index (χ2n) is 6.35. The van der Waals surface area contributed by atoms with Crippen molar-refractivity contribution in [2.75, 3.05) is 19.6 Å². The fourth-order valence-corrected chi connectivity index (χ4v) is 3.16. The van der Waals surface area contributed by atoms with Crippen LogP contribution in [0.5, 0.6) is 0 Å². The van der Waals surface area contributed by atoms with Crippen molar-refractivity contribution in [3.8, 4) is 0 Å². The number of nitrogens with zero attached hydrogens (tertiary/aromatic N) is 1. The van der Waals surface area contributed by atoms with E-state index in [-0.39, 0.29) is 12.5 Å². The molecule has 1 amide bonds. The van der Waals surface area contributed by atoms with Crippen molar-refractivity contribution in [1.82, 2.24) is 10.2 Å². The van der Waals surface area contributed by atoms with Gasteiger partial charge in [-0.05, 0) is 37.0 Å². The zero-order chi connectivity index (χ0) is 16.8. The summed E-state index contributed by atoms with van der Waals surface area (Å²) in [5.41, 5.74) is -0.114. The van der Waals surface area contributed by atoms with E-state index in [1.165, 1.54) is 5.56 Å². The van der Waals surface area contributed by atoms with Gasteiger partial charge in [0.15, 0.2) is 5.60 Å². The maximum absolute atomic E-state index is 12.7. The van der Waals surface area contributed by atoms with Crippen molar-refractivity contribution < 1.29 is 14.3 Å². The van der Waals surface area contributed by atoms with E-state index in [9.17, 15) is 9.90 Å². The van der Waals surface area contributed by atoms with Gasteiger partial charge in [0, 0.05) is 19.6 Å². The molecule has 1 aliphatic rings. The molecule has 1 atom stereocenters. The monoisotopic (exact) mass is 328 g/mol. The Balaban J connectivity index is 1.53. The summed E-state index contributed by atoms with van der Waals surface area (Å²) in [5.74, 6) is 0.624. The summed E-state index contributed by atoms with van der Waals surface area (Å²) < 4.78 is 5.25. The molecule has 0 radical (unpaired) electrons. The molecule has 5 heteroatoms. The number of likely N-dealkylation sites (tertiary alicyclic amines) is 1. The van der Waals surface area contributed by atoms with E-state index in [0.29, 0.717) is 26.1 Å². The van der Waals surface area contributed by atoms with E-state index in [1.54, 1.807) is 11.2 Å². The number of rotatable bonds is 7. The molecule has 128 valence electrons. The number of furan rings is 1. The second kappa shape index (κ2) is 7.64. The van der Waals surface area contributed by atoms with Gasteiger partial charge in [0.25, 0.3) is 5.91 Å². The van der Waals surface area contributed by atoms with E-state index in [2.05, 4.69) is 17.4 Å². The van der Waals surface area contributed by atoms with Crippen molar-refractivity contribution in [3.05, 3.63) is 60.1 Å². The smallest absolute Gasteiger partial charge is 0.255 e. The molecule has 2 aromatic rings. The van der Waals surface area contributed by atoms with Crippen molar-refractivity contribution in [2.24, 2.45) is 0 Å². The Morgan fingerprint density at radius 3 is 2.79 bits per heavy atom. The highest BCUT2D eigenvalue weighted by atomic mass is 16.3. The molecule has 0 bridgehead atoms. The Hall–Kier alpha value is -2.11. The predicted octanol–water partition coefficient (Wildman–Crippen LogP) is 1.97. The molecule has 5 nitrogen and oxygen atoms in total. The van der Waals surface area contributed by atoms with Crippen LogP contribution < -0.4 is 5.32 Å². The lowest BCUT2D eigenvalue weighted by atomic mass is 9.91. The highest BCUT2D eigenvalue weighted by Gasteiger charge is 2.41. The molecule has 24 heavy (non-hydrogen) atoms. The number of benzene rings is 1. The first kappa shape index (κ1) is 16.7. The molecule has 0 saturated carbocycles. The number of piperidine rings is 1. The van der Waals surface area contributed by atoms with Crippen LogP contribution in [-0.4, -0.2) is 41.1 Å². The number of carbonyl (C=O) groups excluding carboxylic acids is 1. The van der Waals surface area contributed by atoms with Crippen LogP contribution in [0.25, 0.3) is 0 Å². The number of carbonyl (C=O) groups is 1. The van der Waals surface area contributed by atoms with E-state index < -0.39 is 5.60 Å². The minimum atomic E-state index is -1.32. The number of nitrogens with one attached hydrogen (secondary N) is 1. The van der Waals surface area contributed by atoms with E-state index in [0.717, 1.165) is 18.6 Å². The standard InChI is InChI=1S/C19H24N2O3/c22-18-19(23,15-20-14-17-8-4-13-24-17)10-5-11-21(18)12-9-16-6-2-1-3-7-16/h1-4,6-8,13,20,23H,5,9-12,14-15H2/t19-/m0/s1. The van der Waals surface area contributed by atoms with Gasteiger partial charge in [-0.2, -0.15) is 0 Å². The number of aliphatic hydroxyl groups is 1. The van der Waals surface area contributed by atoms with Crippen LogP contribution in [-0.2, 0) is 17.8 Å². The Bertz CT molecular complexity index is 642. The third kappa shape index (κ3) is 4.04. The molecule has 1 saturated heterocycles. The van der Waals surface area contributed by atoms with Crippen LogP contribution >= 0.6 is 0 Å². The number of amides is 1. The third-order valence-corrected chi connectivity index (χ3v) is 4.51. The molecule has 0 aliphatic carbocycles. The first-order chi connectivity index (χ1) is 11.7. The lowest BCUT2D eigenvalue weighted by molar-refractivity contribution is -0.156. The van der Waals surface area contributed by atoms with Gasteiger partial charge in [-0.3, -0.25) is 4.79 Å². The molecule has 2 heterocycles. The third-order valence-electron chi connectivity index (χ3n) is 4.51. The summed E-state index contributed by atoms with van der Waals surface area (Å²) in [7, 11) is 0. The quantitative estimate of drug-likeness (QED) is 0.815. The van der Waals surface area contributed by atoms with E-state index >= 15 is 0 Å². The topological polar surface area (TPSA) is 65.7 Å². The molecular weight excluding hydrogens is 304 g/mol. The number of hydrogen-bond donors (Lipinski definition) is 2. The molecule has 2 N–H and O–H groups in total.